The van der Waals surface area contributed by atoms with Crippen molar-refractivity contribution in [3.8, 4) is 0 Å². The van der Waals surface area contributed by atoms with E-state index in [2.05, 4.69) is 21.2 Å². The molecule has 60 valence electrons. The van der Waals surface area contributed by atoms with Crippen LogP contribution in [-0.2, 0) is 0 Å². The molecule has 0 saturated carbocycles. The summed E-state index contributed by atoms with van der Waals surface area (Å²) in [7, 11) is 1.53. The van der Waals surface area contributed by atoms with Crippen LogP contribution in [0.1, 0.15) is 0 Å². The second kappa shape index (κ2) is 3.17. The first kappa shape index (κ1) is 8.46. The van der Waals surface area contributed by atoms with Crippen LogP contribution in [0.3, 0.4) is 0 Å². The molecule has 0 aliphatic carbocycles. The third kappa shape index (κ3) is 1.68. The van der Waals surface area contributed by atoms with Crippen LogP contribution in [-0.4, -0.2) is 7.05 Å². The van der Waals surface area contributed by atoms with Crippen LogP contribution in [0.2, 0.25) is 0 Å². The number of hydrogen-bond donors (Lipinski definition) is 1. The van der Waals surface area contributed by atoms with E-state index < -0.39 is 11.6 Å². The van der Waals surface area contributed by atoms with Crippen LogP contribution in [0.25, 0.3) is 0 Å². The van der Waals surface area contributed by atoms with Crippen molar-refractivity contribution in [1.29, 1.82) is 0 Å². The molecular weight excluding hydrogens is 216 g/mol. The molecule has 0 saturated heterocycles. The normalized spacial score (nSPS) is 9.82. The lowest BCUT2D eigenvalue weighted by Crippen LogP contribution is -1.93. The third-order valence-electron chi connectivity index (χ3n) is 1.28. The van der Waals surface area contributed by atoms with Crippen LogP contribution in [0.5, 0.6) is 0 Å². The van der Waals surface area contributed by atoms with Crippen LogP contribution in [0.4, 0.5) is 14.5 Å². The van der Waals surface area contributed by atoms with Gasteiger partial charge >= 0.3 is 0 Å². The molecule has 4 heteroatoms. The largest absolute Gasteiger partial charge is 0.386 e. The molecule has 0 fully saturated rings. The van der Waals surface area contributed by atoms with Crippen molar-refractivity contribution >= 4 is 21.6 Å². The van der Waals surface area contributed by atoms with E-state index in [9.17, 15) is 8.78 Å². The smallest absolute Gasteiger partial charge is 0.147 e. The maximum absolute atomic E-state index is 12.8. The molecule has 0 bridgehead atoms. The average molecular weight is 222 g/mol. The SMILES string of the molecule is CNc1cc(F)c(Br)cc1F. The van der Waals surface area contributed by atoms with Gasteiger partial charge in [0.2, 0.25) is 0 Å². The van der Waals surface area contributed by atoms with Gasteiger partial charge < -0.3 is 5.32 Å². The molecule has 1 nitrogen and oxygen atoms in total. The number of halogens is 3. The van der Waals surface area contributed by atoms with Crippen molar-refractivity contribution in [2.75, 3.05) is 12.4 Å². The summed E-state index contributed by atoms with van der Waals surface area (Å²) in [5.74, 6) is -0.948. The Bertz CT molecular complexity index is 275. The van der Waals surface area contributed by atoms with Crippen molar-refractivity contribution in [1.82, 2.24) is 0 Å². The maximum Gasteiger partial charge on any atom is 0.147 e. The summed E-state index contributed by atoms with van der Waals surface area (Å²) in [4.78, 5) is 0. The summed E-state index contributed by atoms with van der Waals surface area (Å²) < 4.78 is 25.6. The molecule has 0 aromatic heterocycles. The van der Waals surface area contributed by atoms with Gasteiger partial charge in [-0.25, -0.2) is 8.78 Å². The Kier molecular flexibility index (Phi) is 2.44. The molecule has 11 heavy (non-hydrogen) atoms. The van der Waals surface area contributed by atoms with E-state index in [0.29, 0.717) is 0 Å². The fraction of sp³-hybridized carbons (Fsp3) is 0.143. The molecule has 0 amide bonds. The molecule has 0 heterocycles. The molecule has 1 aromatic rings. The van der Waals surface area contributed by atoms with Gasteiger partial charge in [0.05, 0.1) is 10.2 Å². The minimum atomic E-state index is -0.476. The lowest BCUT2D eigenvalue weighted by Gasteiger charge is -2.02. The Labute approximate surface area is 71.5 Å². The summed E-state index contributed by atoms with van der Waals surface area (Å²) in [6.45, 7) is 0. The lowest BCUT2D eigenvalue weighted by atomic mass is 10.3. The van der Waals surface area contributed by atoms with Gasteiger partial charge in [-0.3, -0.25) is 0 Å². The summed E-state index contributed by atoms with van der Waals surface area (Å²) in [6.07, 6.45) is 0. The number of hydrogen-bond acceptors (Lipinski definition) is 1. The average Bonchev–Trinajstić information content (AvgIpc) is 1.97. The van der Waals surface area contributed by atoms with Gasteiger partial charge in [-0.15, -0.1) is 0 Å². The number of nitrogens with one attached hydrogen (secondary N) is 1. The van der Waals surface area contributed by atoms with Crippen LogP contribution in [0.15, 0.2) is 16.6 Å². The summed E-state index contributed by atoms with van der Waals surface area (Å²) in [6, 6.07) is 2.18. The minimum absolute atomic E-state index is 0.133. The van der Waals surface area contributed by atoms with Crippen molar-refractivity contribution in [2.24, 2.45) is 0 Å². The first-order valence-electron chi connectivity index (χ1n) is 2.97. The summed E-state index contributed by atoms with van der Waals surface area (Å²) >= 11 is 2.87. The second-order valence-electron chi connectivity index (χ2n) is 2.00. The van der Waals surface area contributed by atoms with Gasteiger partial charge in [0, 0.05) is 13.1 Å². The molecule has 0 unspecified atom stereocenters. The summed E-state index contributed by atoms with van der Waals surface area (Å²) in [5.41, 5.74) is 0.158. The van der Waals surface area contributed by atoms with Crippen LogP contribution in [0, 0.1) is 11.6 Å². The molecule has 1 rings (SSSR count). The van der Waals surface area contributed by atoms with E-state index >= 15 is 0 Å². The zero-order valence-corrected chi connectivity index (χ0v) is 7.37. The van der Waals surface area contributed by atoms with Gasteiger partial charge in [-0.1, -0.05) is 0 Å². The Morgan fingerprint density at radius 1 is 1.27 bits per heavy atom. The van der Waals surface area contributed by atoms with E-state index in [-0.39, 0.29) is 10.2 Å². The molecule has 0 spiro atoms. The quantitative estimate of drug-likeness (QED) is 0.720. The van der Waals surface area contributed by atoms with Gasteiger partial charge in [0.1, 0.15) is 11.6 Å². The van der Waals surface area contributed by atoms with Crippen molar-refractivity contribution in [2.45, 2.75) is 0 Å². The Balaban J connectivity index is 3.21. The van der Waals surface area contributed by atoms with Crippen molar-refractivity contribution in [3.05, 3.63) is 28.2 Å². The van der Waals surface area contributed by atoms with Gasteiger partial charge in [-0.05, 0) is 22.0 Å². The predicted molar refractivity (Wildman–Crippen MR) is 43.6 cm³/mol. The van der Waals surface area contributed by atoms with Gasteiger partial charge in [0.25, 0.3) is 0 Å². The number of rotatable bonds is 1. The van der Waals surface area contributed by atoms with Gasteiger partial charge in [-0.2, -0.15) is 0 Å². The summed E-state index contributed by atoms with van der Waals surface area (Å²) in [5, 5.41) is 2.53. The first-order valence-corrected chi connectivity index (χ1v) is 3.76. The number of anilines is 1. The van der Waals surface area contributed by atoms with Crippen molar-refractivity contribution in [3.63, 3.8) is 0 Å². The van der Waals surface area contributed by atoms with E-state index in [0.717, 1.165) is 12.1 Å². The van der Waals surface area contributed by atoms with E-state index in [1.54, 1.807) is 0 Å². The maximum atomic E-state index is 12.8. The van der Waals surface area contributed by atoms with Crippen LogP contribution >= 0.6 is 15.9 Å². The zero-order valence-electron chi connectivity index (χ0n) is 5.79. The molecule has 1 aromatic carbocycles. The fourth-order valence-electron chi connectivity index (χ4n) is 0.714. The highest BCUT2D eigenvalue weighted by molar-refractivity contribution is 9.10. The first-order chi connectivity index (χ1) is 5.15. The Morgan fingerprint density at radius 3 is 2.45 bits per heavy atom. The number of benzene rings is 1. The van der Waals surface area contributed by atoms with E-state index in [1.165, 1.54) is 7.05 Å². The molecule has 0 radical (unpaired) electrons. The Morgan fingerprint density at radius 2 is 1.91 bits per heavy atom. The monoisotopic (exact) mass is 221 g/mol. The fourth-order valence-corrected chi connectivity index (χ4v) is 1.03. The highest BCUT2D eigenvalue weighted by atomic mass is 79.9. The standard InChI is InChI=1S/C7H6BrF2N/c1-11-7-3-5(9)4(8)2-6(7)10/h2-3,11H,1H3. The lowest BCUT2D eigenvalue weighted by molar-refractivity contribution is 0.597. The molecule has 1 N–H and O–H groups in total. The third-order valence-corrected chi connectivity index (χ3v) is 1.89. The topological polar surface area (TPSA) is 12.0 Å². The predicted octanol–water partition coefficient (Wildman–Crippen LogP) is 2.77. The minimum Gasteiger partial charge on any atom is -0.386 e. The molecule has 0 atom stereocenters. The highest BCUT2D eigenvalue weighted by Crippen LogP contribution is 2.22. The highest BCUT2D eigenvalue weighted by Gasteiger charge is 2.05. The second-order valence-corrected chi connectivity index (χ2v) is 2.85. The zero-order chi connectivity index (χ0) is 8.43. The molecular formula is C7H6BrF2N. The van der Waals surface area contributed by atoms with Gasteiger partial charge in [0.15, 0.2) is 0 Å². The Hall–Kier alpha value is -0.640. The van der Waals surface area contributed by atoms with E-state index in [1.807, 2.05) is 0 Å². The van der Waals surface area contributed by atoms with Crippen LogP contribution < -0.4 is 5.32 Å². The van der Waals surface area contributed by atoms with Crippen molar-refractivity contribution < 1.29 is 8.78 Å². The molecule has 0 aliphatic rings. The van der Waals surface area contributed by atoms with E-state index in [4.69, 9.17) is 0 Å². The molecule has 0 aliphatic heterocycles.